The van der Waals surface area contributed by atoms with E-state index in [1.165, 1.54) is 27.0 Å². The number of ether oxygens (including phenoxy) is 1. The summed E-state index contributed by atoms with van der Waals surface area (Å²) in [5, 5.41) is 19.0. The minimum absolute atomic E-state index is 0.0350. The Balaban J connectivity index is 3.46. The highest BCUT2D eigenvalue weighted by molar-refractivity contribution is 5.74. The second kappa shape index (κ2) is 5.76. The number of nitrogens with two attached hydrogens (primary N) is 1. The Bertz CT molecular complexity index is 523. The van der Waals surface area contributed by atoms with Gasteiger partial charge in [0.15, 0.2) is 11.6 Å². The minimum Gasteiger partial charge on any atom is -0.493 e. The summed E-state index contributed by atoms with van der Waals surface area (Å²) in [6.07, 6.45) is -0.0782. The number of carbonyl (C=O) groups is 1. The average molecular weight is 285 g/mol. The van der Waals surface area contributed by atoms with E-state index in [1.807, 2.05) is 0 Å². The van der Waals surface area contributed by atoms with Crippen LogP contribution in [0.25, 0.3) is 0 Å². The fourth-order valence-electron chi connectivity index (χ4n) is 2.19. The zero-order valence-electron chi connectivity index (χ0n) is 12.0. The molecule has 0 aliphatic heterocycles. The van der Waals surface area contributed by atoms with E-state index in [0.29, 0.717) is 16.7 Å². The third-order valence-electron chi connectivity index (χ3n) is 3.22. The maximum Gasteiger partial charge on any atom is 0.320 e. The van der Waals surface area contributed by atoms with Gasteiger partial charge in [0.2, 0.25) is 0 Å². The predicted molar refractivity (Wildman–Crippen MR) is 72.2 cm³/mol. The molecule has 0 heterocycles. The predicted octanol–water partition coefficient (Wildman–Crippen LogP) is 1.32. The van der Waals surface area contributed by atoms with Crippen LogP contribution in [0.4, 0.5) is 4.39 Å². The fraction of sp³-hybridized carbons (Fsp3) is 0.500. The topological polar surface area (TPSA) is 92.8 Å². The van der Waals surface area contributed by atoms with Gasteiger partial charge in [-0.2, -0.15) is 0 Å². The molecule has 4 N–H and O–H groups in total. The van der Waals surface area contributed by atoms with Crippen LogP contribution in [0.15, 0.2) is 6.07 Å². The van der Waals surface area contributed by atoms with Crippen molar-refractivity contribution in [3.63, 3.8) is 0 Å². The van der Waals surface area contributed by atoms with Crippen molar-refractivity contribution in [2.75, 3.05) is 7.11 Å². The number of carboxylic acids is 1. The van der Waals surface area contributed by atoms with Gasteiger partial charge in [-0.05, 0) is 38.0 Å². The monoisotopic (exact) mass is 285 g/mol. The van der Waals surface area contributed by atoms with Crippen molar-refractivity contribution in [3.8, 4) is 5.75 Å². The summed E-state index contributed by atoms with van der Waals surface area (Å²) >= 11 is 0. The summed E-state index contributed by atoms with van der Waals surface area (Å²) in [6.45, 7) is 4.74. The Hall–Kier alpha value is -1.66. The number of hydrogen-bond acceptors (Lipinski definition) is 4. The van der Waals surface area contributed by atoms with Crippen molar-refractivity contribution >= 4 is 5.97 Å². The summed E-state index contributed by atoms with van der Waals surface area (Å²) in [7, 11) is 1.30. The van der Waals surface area contributed by atoms with E-state index in [-0.39, 0.29) is 12.2 Å². The minimum atomic E-state index is -1.25. The van der Waals surface area contributed by atoms with Crippen molar-refractivity contribution in [1.82, 2.24) is 0 Å². The summed E-state index contributed by atoms with van der Waals surface area (Å²) < 4.78 is 19.0. The molecular weight excluding hydrogens is 265 g/mol. The van der Waals surface area contributed by atoms with E-state index >= 15 is 0 Å². The lowest BCUT2D eigenvalue weighted by atomic mass is 9.88. The van der Waals surface area contributed by atoms with Crippen LogP contribution >= 0.6 is 0 Å². The largest absolute Gasteiger partial charge is 0.493 e. The highest BCUT2D eigenvalue weighted by Crippen LogP contribution is 2.34. The molecule has 0 saturated carbocycles. The van der Waals surface area contributed by atoms with Gasteiger partial charge in [-0.25, -0.2) is 4.39 Å². The zero-order valence-corrected chi connectivity index (χ0v) is 12.0. The second-order valence-electron chi connectivity index (χ2n) is 5.25. The molecule has 5 nitrogen and oxygen atoms in total. The lowest BCUT2D eigenvalue weighted by Crippen LogP contribution is -2.33. The number of halogens is 1. The molecule has 0 radical (unpaired) electrons. The maximum atomic E-state index is 14.0. The summed E-state index contributed by atoms with van der Waals surface area (Å²) in [5.74, 6) is -1.87. The first-order chi connectivity index (χ1) is 9.09. The number of aliphatic carboxylic acids is 1. The fourth-order valence-corrected chi connectivity index (χ4v) is 2.19. The molecule has 1 unspecified atom stereocenters. The SMILES string of the molecule is COc1c(F)cc(C(C)(C)O)c(C)c1CC(N)C(=O)O. The van der Waals surface area contributed by atoms with Crippen molar-refractivity contribution in [2.24, 2.45) is 5.73 Å². The molecule has 0 aliphatic carbocycles. The molecule has 6 heteroatoms. The maximum absolute atomic E-state index is 14.0. The molecule has 20 heavy (non-hydrogen) atoms. The van der Waals surface area contributed by atoms with Crippen LogP contribution < -0.4 is 10.5 Å². The number of hydrogen-bond donors (Lipinski definition) is 3. The first-order valence-electron chi connectivity index (χ1n) is 6.16. The quantitative estimate of drug-likeness (QED) is 0.759. The van der Waals surface area contributed by atoms with Crippen molar-refractivity contribution in [3.05, 3.63) is 28.6 Å². The van der Waals surface area contributed by atoms with Crippen LogP contribution in [0.3, 0.4) is 0 Å². The van der Waals surface area contributed by atoms with Gasteiger partial charge in [-0.1, -0.05) is 0 Å². The number of aliphatic hydroxyl groups is 1. The number of methoxy groups -OCH3 is 1. The summed E-state index contributed by atoms with van der Waals surface area (Å²) in [5.41, 5.74) is 5.57. The van der Waals surface area contributed by atoms with Crippen LogP contribution in [0.1, 0.15) is 30.5 Å². The molecule has 1 aromatic rings. The molecule has 0 saturated heterocycles. The Morgan fingerprint density at radius 2 is 2.10 bits per heavy atom. The van der Waals surface area contributed by atoms with Crippen molar-refractivity contribution in [1.29, 1.82) is 0 Å². The van der Waals surface area contributed by atoms with E-state index in [4.69, 9.17) is 15.6 Å². The Kier molecular flexibility index (Phi) is 4.73. The smallest absolute Gasteiger partial charge is 0.320 e. The van der Waals surface area contributed by atoms with Crippen molar-refractivity contribution < 1.29 is 24.1 Å². The van der Waals surface area contributed by atoms with E-state index in [9.17, 15) is 14.3 Å². The molecular formula is C14H20FNO4. The lowest BCUT2D eigenvalue weighted by Gasteiger charge is -2.24. The van der Waals surface area contributed by atoms with E-state index in [2.05, 4.69) is 0 Å². The molecule has 0 amide bonds. The molecule has 1 aromatic carbocycles. The van der Waals surface area contributed by atoms with Gasteiger partial charge in [0, 0.05) is 12.0 Å². The number of benzene rings is 1. The first-order valence-corrected chi connectivity index (χ1v) is 6.16. The Morgan fingerprint density at radius 3 is 2.50 bits per heavy atom. The van der Waals surface area contributed by atoms with Gasteiger partial charge >= 0.3 is 5.97 Å². The Labute approximate surface area is 117 Å². The zero-order chi connectivity index (χ0) is 15.7. The number of rotatable bonds is 5. The molecule has 0 aliphatic rings. The Morgan fingerprint density at radius 1 is 1.55 bits per heavy atom. The van der Waals surface area contributed by atoms with Crippen LogP contribution in [-0.4, -0.2) is 29.3 Å². The van der Waals surface area contributed by atoms with Crippen LogP contribution in [0.2, 0.25) is 0 Å². The standard InChI is InChI=1S/C14H20FNO4/c1-7-8(5-11(16)13(17)18)12(20-4)10(15)6-9(7)14(2,3)19/h6,11,19H,5,16H2,1-4H3,(H,17,18). The van der Waals surface area contributed by atoms with Crippen LogP contribution in [0, 0.1) is 12.7 Å². The van der Waals surface area contributed by atoms with Crippen LogP contribution in [-0.2, 0) is 16.8 Å². The van der Waals surface area contributed by atoms with Crippen molar-refractivity contribution in [2.45, 2.75) is 38.8 Å². The molecule has 0 bridgehead atoms. The molecule has 0 spiro atoms. The van der Waals surface area contributed by atoms with E-state index < -0.39 is 23.4 Å². The van der Waals surface area contributed by atoms with E-state index in [0.717, 1.165) is 0 Å². The molecule has 112 valence electrons. The van der Waals surface area contributed by atoms with Gasteiger partial charge in [0.05, 0.1) is 12.7 Å². The molecule has 1 rings (SSSR count). The van der Waals surface area contributed by atoms with E-state index in [1.54, 1.807) is 6.92 Å². The highest BCUT2D eigenvalue weighted by Gasteiger charge is 2.26. The molecule has 1 atom stereocenters. The summed E-state index contributed by atoms with van der Waals surface area (Å²) in [6, 6.07) is 0.0308. The second-order valence-corrected chi connectivity index (χ2v) is 5.25. The highest BCUT2D eigenvalue weighted by atomic mass is 19.1. The van der Waals surface area contributed by atoms with Gasteiger partial charge in [0.1, 0.15) is 6.04 Å². The third-order valence-corrected chi connectivity index (χ3v) is 3.22. The first kappa shape index (κ1) is 16.4. The van der Waals surface area contributed by atoms with Gasteiger partial charge in [-0.15, -0.1) is 0 Å². The summed E-state index contributed by atoms with van der Waals surface area (Å²) in [4.78, 5) is 10.9. The third kappa shape index (κ3) is 3.26. The van der Waals surface area contributed by atoms with Gasteiger partial charge in [-0.3, -0.25) is 4.79 Å². The molecule has 0 fully saturated rings. The van der Waals surface area contributed by atoms with Gasteiger partial charge < -0.3 is 20.7 Å². The normalized spacial score (nSPS) is 13.2. The van der Waals surface area contributed by atoms with Gasteiger partial charge in [0.25, 0.3) is 0 Å². The number of carboxylic acid groups (broad SMARTS) is 1. The molecule has 0 aromatic heterocycles. The lowest BCUT2D eigenvalue weighted by molar-refractivity contribution is -0.138. The average Bonchev–Trinajstić information content (AvgIpc) is 2.31. The van der Waals surface area contributed by atoms with Crippen LogP contribution in [0.5, 0.6) is 5.75 Å².